The van der Waals surface area contributed by atoms with Gasteiger partial charge in [-0.05, 0) is 51.4 Å². The zero-order valence-corrected chi connectivity index (χ0v) is 12.9. The molecule has 1 aromatic carbocycles. The molecule has 2 rings (SSSR count). The molecule has 1 heterocycles. The Labute approximate surface area is 123 Å². The first-order valence-corrected chi connectivity index (χ1v) is 7.92. The van der Waals surface area contributed by atoms with Gasteiger partial charge in [-0.3, -0.25) is 0 Å². The molecule has 3 heteroatoms. The number of hydrogen-bond acceptors (Lipinski definition) is 3. The van der Waals surface area contributed by atoms with Crippen molar-refractivity contribution < 1.29 is 5.11 Å². The maximum absolute atomic E-state index is 10.00. The molecule has 0 aliphatic carbocycles. The SMILES string of the molecule is Cc1ccc(C(C)NCCN2CCCCCC2)c(O)c1. The third-order valence-corrected chi connectivity index (χ3v) is 4.23. The van der Waals surface area contributed by atoms with Crippen molar-refractivity contribution >= 4 is 0 Å². The zero-order valence-electron chi connectivity index (χ0n) is 12.9. The fourth-order valence-corrected chi connectivity index (χ4v) is 2.93. The number of benzene rings is 1. The summed E-state index contributed by atoms with van der Waals surface area (Å²) in [6, 6.07) is 6.11. The Bertz CT molecular complexity index is 411. The average molecular weight is 276 g/mol. The monoisotopic (exact) mass is 276 g/mol. The Morgan fingerprint density at radius 3 is 2.55 bits per heavy atom. The van der Waals surface area contributed by atoms with Gasteiger partial charge < -0.3 is 15.3 Å². The van der Waals surface area contributed by atoms with Gasteiger partial charge in [0, 0.05) is 24.7 Å². The van der Waals surface area contributed by atoms with Crippen LogP contribution in [0, 0.1) is 6.92 Å². The molecule has 0 saturated carbocycles. The molecule has 1 saturated heterocycles. The molecule has 1 fully saturated rings. The molecule has 0 aromatic heterocycles. The van der Waals surface area contributed by atoms with Gasteiger partial charge in [0.25, 0.3) is 0 Å². The van der Waals surface area contributed by atoms with Crippen LogP contribution in [0.25, 0.3) is 0 Å². The van der Waals surface area contributed by atoms with E-state index in [1.54, 1.807) is 0 Å². The predicted molar refractivity (Wildman–Crippen MR) is 84.2 cm³/mol. The van der Waals surface area contributed by atoms with Gasteiger partial charge in [-0.15, -0.1) is 0 Å². The number of aromatic hydroxyl groups is 1. The Kier molecular flexibility index (Phi) is 5.86. The predicted octanol–water partition coefficient (Wildman–Crippen LogP) is 3.23. The smallest absolute Gasteiger partial charge is 0.120 e. The van der Waals surface area contributed by atoms with Crippen molar-refractivity contribution in [1.29, 1.82) is 0 Å². The highest BCUT2D eigenvalue weighted by molar-refractivity contribution is 5.37. The second-order valence-corrected chi connectivity index (χ2v) is 5.99. The Morgan fingerprint density at radius 1 is 1.20 bits per heavy atom. The number of phenolic OH excluding ortho intramolecular Hbond substituents is 1. The van der Waals surface area contributed by atoms with E-state index in [0.29, 0.717) is 5.75 Å². The lowest BCUT2D eigenvalue weighted by Crippen LogP contribution is -2.33. The lowest BCUT2D eigenvalue weighted by Gasteiger charge is -2.22. The van der Waals surface area contributed by atoms with Crippen molar-refractivity contribution in [1.82, 2.24) is 10.2 Å². The molecule has 3 nitrogen and oxygen atoms in total. The quantitative estimate of drug-likeness (QED) is 0.866. The van der Waals surface area contributed by atoms with E-state index in [1.165, 1.54) is 38.8 Å². The van der Waals surface area contributed by atoms with E-state index in [1.807, 2.05) is 19.1 Å². The summed E-state index contributed by atoms with van der Waals surface area (Å²) in [6.45, 7) is 8.69. The summed E-state index contributed by atoms with van der Waals surface area (Å²) in [5.41, 5.74) is 2.09. The van der Waals surface area contributed by atoms with Crippen molar-refractivity contribution in [2.45, 2.75) is 45.6 Å². The average Bonchev–Trinajstić information content (AvgIpc) is 2.67. The first-order valence-electron chi connectivity index (χ1n) is 7.92. The molecular formula is C17H28N2O. The summed E-state index contributed by atoms with van der Waals surface area (Å²) >= 11 is 0. The third kappa shape index (κ3) is 4.50. The van der Waals surface area contributed by atoms with Crippen LogP contribution < -0.4 is 5.32 Å². The summed E-state index contributed by atoms with van der Waals surface area (Å²) in [7, 11) is 0. The van der Waals surface area contributed by atoms with Crippen LogP contribution in [-0.4, -0.2) is 36.2 Å². The first-order chi connectivity index (χ1) is 9.66. The highest BCUT2D eigenvalue weighted by Crippen LogP contribution is 2.24. The third-order valence-electron chi connectivity index (χ3n) is 4.23. The summed E-state index contributed by atoms with van der Waals surface area (Å²) in [5.74, 6) is 0.403. The van der Waals surface area contributed by atoms with Crippen LogP contribution in [0.1, 0.15) is 49.8 Å². The molecule has 1 aliphatic rings. The van der Waals surface area contributed by atoms with Gasteiger partial charge in [0.1, 0.15) is 5.75 Å². The number of nitrogens with zero attached hydrogens (tertiary/aromatic N) is 1. The maximum atomic E-state index is 10.00. The number of aryl methyl sites for hydroxylation is 1. The van der Waals surface area contributed by atoms with Crippen LogP contribution in [0.3, 0.4) is 0 Å². The van der Waals surface area contributed by atoms with Gasteiger partial charge in [-0.1, -0.05) is 25.0 Å². The minimum absolute atomic E-state index is 0.197. The van der Waals surface area contributed by atoms with Crippen LogP contribution in [0.15, 0.2) is 18.2 Å². The molecule has 20 heavy (non-hydrogen) atoms. The van der Waals surface area contributed by atoms with E-state index in [0.717, 1.165) is 24.2 Å². The van der Waals surface area contributed by atoms with Gasteiger partial charge in [-0.2, -0.15) is 0 Å². The van der Waals surface area contributed by atoms with Crippen LogP contribution in [0.5, 0.6) is 5.75 Å². The molecule has 2 N–H and O–H groups in total. The van der Waals surface area contributed by atoms with E-state index in [9.17, 15) is 5.11 Å². The fraction of sp³-hybridized carbons (Fsp3) is 0.647. The van der Waals surface area contributed by atoms with E-state index in [2.05, 4.69) is 23.2 Å². The highest BCUT2D eigenvalue weighted by Gasteiger charge is 2.12. The summed E-state index contributed by atoms with van der Waals surface area (Å²) in [6.07, 6.45) is 5.46. The van der Waals surface area contributed by atoms with E-state index >= 15 is 0 Å². The van der Waals surface area contributed by atoms with Gasteiger partial charge in [-0.25, -0.2) is 0 Å². The van der Waals surface area contributed by atoms with Gasteiger partial charge in [0.05, 0.1) is 0 Å². The second kappa shape index (κ2) is 7.65. The van der Waals surface area contributed by atoms with E-state index in [4.69, 9.17) is 0 Å². The van der Waals surface area contributed by atoms with Crippen molar-refractivity contribution in [3.8, 4) is 5.75 Å². The van der Waals surface area contributed by atoms with Crippen molar-refractivity contribution in [2.75, 3.05) is 26.2 Å². The molecule has 1 unspecified atom stereocenters. The van der Waals surface area contributed by atoms with Crippen LogP contribution in [0.2, 0.25) is 0 Å². The number of phenols is 1. The Balaban J connectivity index is 1.78. The topological polar surface area (TPSA) is 35.5 Å². The first kappa shape index (κ1) is 15.3. The largest absolute Gasteiger partial charge is 0.508 e. The van der Waals surface area contributed by atoms with Crippen LogP contribution in [0.4, 0.5) is 0 Å². The number of likely N-dealkylation sites (tertiary alicyclic amines) is 1. The maximum Gasteiger partial charge on any atom is 0.120 e. The number of nitrogens with one attached hydrogen (secondary N) is 1. The molecule has 112 valence electrons. The Morgan fingerprint density at radius 2 is 1.90 bits per heavy atom. The summed E-state index contributed by atoms with van der Waals surface area (Å²) in [5, 5.41) is 13.5. The lowest BCUT2D eigenvalue weighted by molar-refractivity contribution is 0.280. The van der Waals surface area contributed by atoms with E-state index in [-0.39, 0.29) is 6.04 Å². The number of rotatable bonds is 5. The second-order valence-electron chi connectivity index (χ2n) is 5.99. The molecule has 1 aromatic rings. The summed E-state index contributed by atoms with van der Waals surface area (Å²) < 4.78 is 0. The highest BCUT2D eigenvalue weighted by atomic mass is 16.3. The normalized spacial score (nSPS) is 18.7. The zero-order chi connectivity index (χ0) is 14.4. The molecule has 0 amide bonds. The standard InChI is InChI=1S/C17H28N2O/c1-14-7-8-16(17(20)13-14)15(2)18-9-12-19-10-5-3-4-6-11-19/h7-8,13,15,18,20H,3-6,9-12H2,1-2H3. The fourth-order valence-electron chi connectivity index (χ4n) is 2.93. The summed E-state index contributed by atoms with van der Waals surface area (Å²) in [4.78, 5) is 2.56. The molecule has 0 radical (unpaired) electrons. The minimum atomic E-state index is 0.197. The van der Waals surface area contributed by atoms with Crippen LogP contribution >= 0.6 is 0 Å². The van der Waals surface area contributed by atoms with Crippen molar-refractivity contribution in [3.63, 3.8) is 0 Å². The molecule has 1 aliphatic heterocycles. The minimum Gasteiger partial charge on any atom is -0.508 e. The van der Waals surface area contributed by atoms with Gasteiger partial charge >= 0.3 is 0 Å². The Hall–Kier alpha value is -1.06. The van der Waals surface area contributed by atoms with Crippen LogP contribution in [-0.2, 0) is 0 Å². The van der Waals surface area contributed by atoms with Gasteiger partial charge in [0.2, 0.25) is 0 Å². The molecule has 0 bridgehead atoms. The van der Waals surface area contributed by atoms with Gasteiger partial charge in [0.15, 0.2) is 0 Å². The molecule has 0 spiro atoms. The van der Waals surface area contributed by atoms with E-state index < -0.39 is 0 Å². The number of hydrogen-bond donors (Lipinski definition) is 2. The lowest BCUT2D eigenvalue weighted by atomic mass is 10.1. The van der Waals surface area contributed by atoms with Crippen molar-refractivity contribution in [2.24, 2.45) is 0 Å². The molecule has 1 atom stereocenters. The van der Waals surface area contributed by atoms with Crippen molar-refractivity contribution in [3.05, 3.63) is 29.3 Å². The molecular weight excluding hydrogens is 248 g/mol.